The van der Waals surface area contributed by atoms with Crippen LogP contribution in [0.1, 0.15) is 60.3 Å². The average Bonchev–Trinajstić information content (AvgIpc) is 2.41. The molecule has 0 aliphatic heterocycles. The number of methoxy groups -OCH3 is 1. The molecule has 0 unspecified atom stereocenters. The zero-order valence-corrected chi connectivity index (χ0v) is 14.5. The third-order valence-corrected chi connectivity index (χ3v) is 3.65. The van der Waals surface area contributed by atoms with Crippen LogP contribution in [0.2, 0.25) is 0 Å². The van der Waals surface area contributed by atoms with Crippen molar-refractivity contribution in [1.82, 2.24) is 4.90 Å². The minimum absolute atomic E-state index is 0.786. The van der Waals surface area contributed by atoms with Crippen molar-refractivity contribution < 1.29 is 4.74 Å². The van der Waals surface area contributed by atoms with E-state index >= 15 is 0 Å². The van der Waals surface area contributed by atoms with Gasteiger partial charge in [-0.25, -0.2) is 0 Å². The van der Waals surface area contributed by atoms with Crippen molar-refractivity contribution in [1.29, 1.82) is 0 Å². The molecule has 20 heavy (non-hydrogen) atoms. The summed E-state index contributed by atoms with van der Waals surface area (Å²) in [6, 6.07) is 0. The summed E-state index contributed by atoms with van der Waals surface area (Å²) in [5, 5.41) is 0. The minimum Gasteiger partial charge on any atom is -0.505 e. The lowest BCUT2D eigenvalue weighted by Crippen LogP contribution is -2.28. The van der Waals surface area contributed by atoms with Crippen LogP contribution in [0.3, 0.4) is 0 Å². The summed E-state index contributed by atoms with van der Waals surface area (Å²) >= 11 is 0. The Hall–Kier alpha value is -0.760. The zero-order chi connectivity index (χ0) is 15.4. The van der Waals surface area contributed by atoms with Gasteiger partial charge in [0.1, 0.15) is 0 Å². The molecule has 0 aromatic heterocycles. The Morgan fingerprint density at radius 3 is 2.40 bits per heavy atom. The van der Waals surface area contributed by atoms with Gasteiger partial charge < -0.3 is 4.74 Å². The molecule has 0 amide bonds. The van der Waals surface area contributed by atoms with Gasteiger partial charge in [0.25, 0.3) is 0 Å². The van der Waals surface area contributed by atoms with Gasteiger partial charge in [-0.15, -0.1) is 0 Å². The van der Waals surface area contributed by atoms with Crippen LogP contribution in [-0.4, -0.2) is 31.6 Å². The van der Waals surface area contributed by atoms with Crippen molar-refractivity contribution in [3.05, 3.63) is 23.5 Å². The predicted molar refractivity (Wildman–Crippen MR) is 89.9 cm³/mol. The third-order valence-electron chi connectivity index (χ3n) is 3.65. The van der Waals surface area contributed by atoms with Crippen molar-refractivity contribution in [3.8, 4) is 0 Å². The first-order valence-corrected chi connectivity index (χ1v) is 8.12. The standard InChI is InChI=1S/C18H35NO/c1-7-12-19(13-11-16(3)4)15-17(5)18(8-2)10-9-14-20-6/h9,14,16H,7-8,10-13,15H2,1-6H3/b14-9?,18-17+. The minimum atomic E-state index is 0.786. The number of ether oxygens (including phenoxy) is 1. The van der Waals surface area contributed by atoms with E-state index in [0.717, 1.165) is 25.3 Å². The van der Waals surface area contributed by atoms with Crippen LogP contribution in [0.4, 0.5) is 0 Å². The van der Waals surface area contributed by atoms with Crippen LogP contribution >= 0.6 is 0 Å². The van der Waals surface area contributed by atoms with E-state index in [-0.39, 0.29) is 0 Å². The van der Waals surface area contributed by atoms with Crippen LogP contribution in [0.5, 0.6) is 0 Å². The summed E-state index contributed by atoms with van der Waals surface area (Å²) in [6.07, 6.45) is 8.56. The normalized spacial score (nSPS) is 13.4. The molecular weight excluding hydrogens is 246 g/mol. The molecule has 0 bridgehead atoms. The molecule has 0 aliphatic carbocycles. The van der Waals surface area contributed by atoms with Gasteiger partial charge >= 0.3 is 0 Å². The SMILES string of the molecule is CCCN(CCC(C)C)C/C(C)=C(\CC)CC=COC. The molecule has 0 spiro atoms. The maximum Gasteiger partial charge on any atom is 0.0787 e. The molecule has 0 rings (SSSR count). The highest BCUT2D eigenvalue weighted by Gasteiger charge is 2.08. The van der Waals surface area contributed by atoms with Gasteiger partial charge in [0.2, 0.25) is 0 Å². The summed E-state index contributed by atoms with van der Waals surface area (Å²) in [5.74, 6) is 0.786. The van der Waals surface area contributed by atoms with Gasteiger partial charge in [0, 0.05) is 6.54 Å². The van der Waals surface area contributed by atoms with Crippen molar-refractivity contribution in [2.45, 2.75) is 60.3 Å². The number of allylic oxidation sites excluding steroid dienone is 2. The van der Waals surface area contributed by atoms with Crippen LogP contribution in [0.15, 0.2) is 23.5 Å². The molecule has 0 aromatic rings. The fourth-order valence-corrected chi connectivity index (χ4v) is 2.38. The highest BCUT2D eigenvalue weighted by Crippen LogP contribution is 2.16. The Balaban J connectivity index is 4.57. The average molecular weight is 281 g/mol. The molecule has 0 N–H and O–H groups in total. The van der Waals surface area contributed by atoms with Gasteiger partial charge in [-0.1, -0.05) is 38.8 Å². The lowest BCUT2D eigenvalue weighted by Gasteiger charge is -2.24. The molecule has 0 fully saturated rings. The molecule has 0 radical (unpaired) electrons. The maximum absolute atomic E-state index is 4.99. The Bertz CT molecular complexity index is 292. The summed E-state index contributed by atoms with van der Waals surface area (Å²) in [4.78, 5) is 2.60. The van der Waals surface area contributed by atoms with Gasteiger partial charge in [-0.05, 0) is 57.7 Å². The molecule has 0 aromatic carbocycles. The molecule has 0 aliphatic rings. The van der Waals surface area contributed by atoms with E-state index < -0.39 is 0 Å². The molecule has 0 saturated carbocycles. The van der Waals surface area contributed by atoms with Crippen LogP contribution < -0.4 is 0 Å². The van der Waals surface area contributed by atoms with E-state index in [1.165, 1.54) is 31.5 Å². The zero-order valence-electron chi connectivity index (χ0n) is 14.5. The highest BCUT2D eigenvalue weighted by atomic mass is 16.5. The molecule has 118 valence electrons. The van der Waals surface area contributed by atoms with Crippen LogP contribution in [0.25, 0.3) is 0 Å². The van der Waals surface area contributed by atoms with E-state index in [1.807, 2.05) is 0 Å². The monoisotopic (exact) mass is 281 g/mol. The Kier molecular flexibility index (Phi) is 11.6. The van der Waals surface area contributed by atoms with E-state index in [4.69, 9.17) is 4.74 Å². The summed E-state index contributed by atoms with van der Waals surface area (Å²) in [7, 11) is 1.70. The highest BCUT2D eigenvalue weighted by molar-refractivity contribution is 5.16. The number of hydrogen-bond acceptors (Lipinski definition) is 2. The molecule has 0 atom stereocenters. The quantitative estimate of drug-likeness (QED) is 0.389. The topological polar surface area (TPSA) is 12.5 Å². The number of rotatable bonds is 11. The van der Waals surface area contributed by atoms with Gasteiger partial charge in [0.05, 0.1) is 13.4 Å². The van der Waals surface area contributed by atoms with Crippen molar-refractivity contribution in [2.24, 2.45) is 5.92 Å². The lowest BCUT2D eigenvalue weighted by molar-refractivity contribution is 0.277. The Labute approximate surface area is 126 Å². The van der Waals surface area contributed by atoms with Crippen LogP contribution in [-0.2, 0) is 4.74 Å². The second-order valence-electron chi connectivity index (χ2n) is 6.01. The van der Waals surface area contributed by atoms with Crippen molar-refractivity contribution in [2.75, 3.05) is 26.7 Å². The molecule has 0 saturated heterocycles. The maximum atomic E-state index is 4.99. The van der Waals surface area contributed by atoms with E-state index in [2.05, 4.69) is 45.6 Å². The Morgan fingerprint density at radius 2 is 1.90 bits per heavy atom. The molecule has 2 heteroatoms. The van der Waals surface area contributed by atoms with E-state index in [1.54, 1.807) is 18.9 Å². The van der Waals surface area contributed by atoms with Crippen LogP contribution in [0, 0.1) is 5.92 Å². The fourth-order valence-electron chi connectivity index (χ4n) is 2.38. The predicted octanol–water partition coefficient (Wildman–Crippen LogP) is 5.02. The first-order valence-electron chi connectivity index (χ1n) is 8.12. The largest absolute Gasteiger partial charge is 0.505 e. The second kappa shape index (κ2) is 12.0. The lowest BCUT2D eigenvalue weighted by atomic mass is 10.0. The fraction of sp³-hybridized carbons (Fsp3) is 0.778. The van der Waals surface area contributed by atoms with Gasteiger partial charge in [-0.2, -0.15) is 0 Å². The summed E-state index contributed by atoms with van der Waals surface area (Å²) in [6.45, 7) is 15.0. The van der Waals surface area contributed by atoms with Gasteiger partial charge in [-0.3, -0.25) is 4.90 Å². The first kappa shape index (κ1) is 19.2. The van der Waals surface area contributed by atoms with Crippen molar-refractivity contribution >= 4 is 0 Å². The van der Waals surface area contributed by atoms with Crippen molar-refractivity contribution in [3.63, 3.8) is 0 Å². The second-order valence-corrected chi connectivity index (χ2v) is 6.01. The number of nitrogens with zero attached hydrogens (tertiary/aromatic N) is 1. The molecule has 0 heterocycles. The first-order chi connectivity index (χ1) is 9.54. The summed E-state index contributed by atoms with van der Waals surface area (Å²) < 4.78 is 4.99. The third kappa shape index (κ3) is 9.19. The molecule has 2 nitrogen and oxygen atoms in total. The van der Waals surface area contributed by atoms with E-state index in [9.17, 15) is 0 Å². The smallest absolute Gasteiger partial charge is 0.0787 e. The molecular formula is C18H35NO. The van der Waals surface area contributed by atoms with E-state index in [0.29, 0.717) is 0 Å². The number of hydrogen-bond donors (Lipinski definition) is 0. The van der Waals surface area contributed by atoms with Gasteiger partial charge in [0.15, 0.2) is 0 Å². The Morgan fingerprint density at radius 1 is 1.20 bits per heavy atom. The summed E-state index contributed by atoms with van der Waals surface area (Å²) in [5.41, 5.74) is 3.08.